The summed E-state index contributed by atoms with van der Waals surface area (Å²) in [6.07, 6.45) is 2.82. The zero-order valence-corrected chi connectivity index (χ0v) is 20.1. The highest BCUT2D eigenvalue weighted by Gasteiger charge is 2.44. The van der Waals surface area contributed by atoms with Crippen molar-refractivity contribution < 1.29 is 14.3 Å². The Hall–Kier alpha value is -1.94. The Morgan fingerprint density at radius 3 is 2.65 bits per heavy atom. The van der Waals surface area contributed by atoms with Gasteiger partial charge in [-0.2, -0.15) is 0 Å². The minimum Gasteiger partial charge on any atom is -0.378 e. The monoisotopic (exact) mass is 506 g/mol. The molecule has 31 heavy (non-hydrogen) atoms. The summed E-state index contributed by atoms with van der Waals surface area (Å²) < 4.78 is 6.37. The van der Waals surface area contributed by atoms with Crippen molar-refractivity contribution in [1.29, 1.82) is 0 Å². The first-order valence-electron chi connectivity index (χ1n) is 10.4. The van der Waals surface area contributed by atoms with E-state index in [1.54, 1.807) is 6.07 Å². The zero-order valence-electron chi connectivity index (χ0n) is 17.7. The topological polar surface area (TPSA) is 73.9 Å². The summed E-state index contributed by atoms with van der Waals surface area (Å²) in [6.45, 7) is 4.68. The van der Waals surface area contributed by atoms with Gasteiger partial charge in [0.2, 0.25) is 0 Å². The number of thiophene rings is 1. The molecule has 2 amide bonds. The van der Waals surface area contributed by atoms with Gasteiger partial charge in [0.05, 0.1) is 21.0 Å². The number of amides is 2. The number of hydrazine groups is 1. The standard InChI is InChI=1S/C22H27BrN4O3S/c1-15-13-16(5-6-17(15)27-11-4-3-10-26(27)2)24-21(29)22(9-12-30-14-22)25-20(28)18-7-8-19(23)31-18/h5-8,13H,3-4,9-12,14H2,1-2H3,(H,24,29)(H,25,28). The number of nitrogens with zero attached hydrogens (tertiary/aromatic N) is 2. The van der Waals surface area contributed by atoms with Gasteiger partial charge in [0, 0.05) is 38.9 Å². The number of rotatable bonds is 5. The van der Waals surface area contributed by atoms with Crippen LogP contribution in [0.25, 0.3) is 0 Å². The van der Waals surface area contributed by atoms with Crippen molar-refractivity contribution in [2.24, 2.45) is 0 Å². The van der Waals surface area contributed by atoms with E-state index in [2.05, 4.69) is 50.6 Å². The van der Waals surface area contributed by atoms with Crippen molar-refractivity contribution >= 4 is 50.5 Å². The number of benzene rings is 1. The van der Waals surface area contributed by atoms with E-state index in [1.165, 1.54) is 24.2 Å². The molecule has 4 rings (SSSR count). The Kier molecular flexibility index (Phi) is 6.66. The summed E-state index contributed by atoms with van der Waals surface area (Å²) in [5, 5.41) is 10.5. The molecule has 9 heteroatoms. The second-order valence-electron chi connectivity index (χ2n) is 8.11. The fourth-order valence-electron chi connectivity index (χ4n) is 4.09. The maximum absolute atomic E-state index is 13.2. The van der Waals surface area contributed by atoms with E-state index >= 15 is 0 Å². The van der Waals surface area contributed by atoms with Crippen LogP contribution < -0.4 is 15.6 Å². The van der Waals surface area contributed by atoms with Crippen LogP contribution in [-0.4, -0.2) is 55.7 Å². The molecule has 2 aromatic rings. The minimum absolute atomic E-state index is 0.159. The third-order valence-corrected chi connectivity index (χ3v) is 7.48. The van der Waals surface area contributed by atoms with Crippen molar-refractivity contribution in [2.75, 3.05) is 43.7 Å². The number of anilines is 2. The molecule has 2 fully saturated rings. The number of carbonyl (C=O) groups is 2. The molecule has 7 nitrogen and oxygen atoms in total. The Morgan fingerprint density at radius 1 is 1.19 bits per heavy atom. The molecule has 2 aliphatic heterocycles. The summed E-state index contributed by atoms with van der Waals surface area (Å²) >= 11 is 4.71. The molecule has 0 spiro atoms. The van der Waals surface area contributed by atoms with E-state index in [9.17, 15) is 9.59 Å². The van der Waals surface area contributed by atoms with Crippen molar-refractivity contribution in [3.05, 3.63) is 44.6 Å². The van der Waals surface area contributed by atoms with Crippen molar-refractivity contribution in [3.63, 3.8) is 0 Å². The van der Waals surface area contributed by atoms with Gasteiger partial charge >= 0.3 is 0 Å². The molecule has 1 unspecified atom stereocenters. The minimum atomic E-state index is -1.08. The molecule has 3 heterocycles. The largest absolute Gasteiger partial charge is 0.378 e. The first-order valence-corrected chi connectivity index (χ1v) is 12.1. The van der Waals surface area contributed by atoms with Crippen LogP contribution in [0.3, 0.4) is 0 Å². The van der Waals surface area contributed by atoms with Gasteiger partial charge in [0.1, 0.15) is 5.54 Å². The van der Waals surface area contributed by atoms with Gasteiger partial charge in [-0.05, 0) is 71.6 Å². The Bertz CT molecular complexity index is 973. The SMILES string of the molecule is Cc1cc(NC(=O)C2(NC(=O)c3ccc(Br)s3)CCOC2)ccc1N1CCCCN1C. The first-order chi connectivity index (χ1) is 14.9. The van der Waals surface area contributed by atoms with Gasteiger partial charge in [-0.1, -0.05) is 0 Å². The van der Waals surface area contributed by atoms with Crippen LogP contribution in [0.4, 0.5) is 11.4 Å². The number of carbonyl (C=O) groups excluding carboxylic acids is 2. The lowest BCUT2D eigenvalue weighted by Crippen LogP contribution is -2.57. The first kappa shape index (κ1) is 22.3. The molecule has 1 aromatic heterocycles. The van der Waals surface area contributed by atoms with Gasteiger partial charge in [0.25, 0.3) is 11.8 Å². The maximum Gasteiger partial charge on any atom is 0.262 e. The lowest BCUT2D eigenvalue weighted by atomic mass is 9.96. The molecular formula is C22H27BrN4O3S. The molecule has 2 N–H and O–H groups in total. The molecule has 0 radical (unpaired) electrons. The summed E-state index contributed by atoms with van der Waals surface area (Å²) in [5.41, 5.74) is 1.88. The summed E-state index contributed by atoms with van der Waals surface area (Å²) in [6, 6.07) is 9.51. The van der Waals surface area contributed by atoms with Crippen LogP contribution in [0.1, 0.15) is 34.5 Å². The van der Waals surface area contributed by atoms with E-state index in [1.807, 2.05) is 24.3 Å². The van der Waals surface area contributed by atoms with Crippen LogP contribution >= 0.6 is 27.3 Å². The highest BCUT2D eigenvalue weighted by molar-refractivity contribution is 9.11. The summed E-state index contributed by atoms with van der Waals surface area (Å²) in [5.74, 6) is -0.521. The van der Waals surface area contributed by atoms with Crippen LogP contribution in [0, 0.1) is 6.92 Å². The average Bonchev–Trinajstić information content (AvgIpc) is 3.39. The fourth-order valence-corrected chi connectivity index (χ4v) is 5.37. The third kappa shape index (κ3) is 4.79. The van der Waals surface area contributed by atoms with E-state index in [-0.39, 0.29) is 18.4 Å². The Balaban J connectivity index is 1.49. The molecule has 0 bridgehead atoms. The molecule has 2 saturated heterocycles. The molecule has 0 saturated carbocycles. The van der Waals surface area contributed by atoms with Crippen LogP contribution in [-0.2, 0) is 9.53 Å². The number of halogens is 1. The zero-order chi connectivity index (χ0) is 22.0. The highest BCUT2D eigenvalue weighted by atomic mass is 79.9. The molecule has 2 aliphatic rings. The predicted octanol–water partition coefficient (Wildman–Crippen LogP) is 3.79. The van der Waals surface area contributed by atoms with Crippen LogP contribution in [0.15, 0.2) is 34.1 Å². The van der Waals surface area contributed by atoms with Crippen molar-refractivity contribution in [3.8, 4) is 0 Å². The van der Waals surface area contributed by atoms with Gasteiger partial charge in [-0.15, -0.1) is 11.3 Å². The number of hydrogen-bond donors (Lipinski definition) is 2. The Morgan fingerprint density at radius 2 is 2.00 bits per heavy atom. The average molecular weight is 507 g/mol. The van der Waals surface area contributed by atoms with Gasteiger partial charge < -0.3 is 20.4 Å². The maximum atomic E-state index is 13.2. The van der Waals surface area contributed by atoms with E-state index in [4.69, 9.17) is 4.74 Å². The fraction of sp³-hybridized carbons (Fsp3) is 0.455. The number of hydrogen-bond acceptors (Lipinski definition) is 6. The van der Waals surface area contributed by atoms with Gasteiger partial charge in [-0.3, -0.25) is 9.59 Å². The quantitative estimate of drug-likeness (QED) is 0.645. The molecular weight excluding hydrogens is 480 g/mol. The van der Waals surface area contributed by atoms with Gasteiger partial charge in [0.15, 0.2) is 0 Å². The number of ether oxygens (including phenoxy) is 1. The Labute approximate surface area is 194 Å². The van der Waals surface area contributed by atoms with Gasteiger partial charge in [-0.25, -0.2) is 5.01 Å². The van der Waals surface area contributed by atoms with Crippen molar-refractivity contribution in [1.82, 2.24) is 10.3 Å². The second-order valence-corrected chi connectivity index (χ2v) is 10.6. The summed E-state index contributed by atoms with van der Waals surface area (Å²) in [4.78, 5) is 26.5. The van der Waals surface area contributed by atoms with E-state index in [0.717, 1.165) is 28.1 Å². The summed E-state index contributed by atoms with van der Waals surface area (Å²) in [7, 11) is 2.10. The van der Waals surface area contributed by atoms with Crippen LogP contribution in [0.5, 0.6) is 0 Å². The van der Waals surface area contributed by atoms with Crippen LogP contribution in [0.2, 0.25) is 0 Å². The molecule has 1 aromatic carbocycles. The molecule has 1 atom stereocenters. The second kappa shape index (κ2) is 9.28. The smallest absolute Gasteiger partial charge is 0.262 e. The normalized spacial score (nSPS) is 21.8. The number of aryl methyl sites for hydroxylation is 1. The molecule has 0 aliphatic carbocycles. The molecule has 166 valence electrons. The van der Waals surface area contributed by atoms with E-state index < -0.39 is 5.54 Å². The highest BCUT2D eigenvalue weighted by Crippen LogP contribution is 2.29. The van der Waals surface area contributed by atoms with Crippen molar-refractivity contribution in [2.45, 2.75) is 31.7 Å². The van der Waals surface area contributed by atoms with E-state index in [0.29, 0.717) is 23.6 Å². The lowest BCUT2D eigenvalue weighted by Gasteiger charge is -2.38. The predicted molar refractivity (Wildman–Crippen MR) is 127 cm³/mol. The number of nitrogens with one attached hydrogen (secondary N) is 2. The third-order valence-electron chi connectivity index (χ3n) is 5.85. The lowest BCUT2D eigenvalue weighted by molar-refractivity contribution is -0.122.